The third-order valence-electron chi connectivity index (χ3n) is 5.82. The molecular formula is C18H34O3Si. The average molecular weight is 327 g/mol. The van der Waals surface area contributed by atoms with Crippen molar-refractivity contribution >= 4 is 14.1 Å². The Morgan fingerprint density at radius 2 is 1.95 bits per heavy atom. The van der Waals surface area contributed by atoms with Crippen LogP contribution < -0.4 is 0 Å². The third kappa shape index (κ3) is 3.90. The Bertz CT molecular complexity index is 444. The van der Waals surface area contributed by atoms with E-state index in [0.717, 1.165) is 12.0 Å². The molecular weight excluding hydrogens is 292 g/mol. The number of hydrogen-bond donors (Lipinski definition) is 1. The van der Waals surface area contributed by atoms with Crippen molar-refractivity contribution in [3.8, 4) is 0 Å². The number of aliphatic hydroxyl groups excluding tert-OH is 1. The lowest BCUT2D eigenvalue weighted by molar-refractivity contribution is -0.128. The summed E-state index contributed by atoms with van der Waals surface area (Å²) in [7, 11) is -1.84. The number of rotatable bonds is 5. The summed E-state index contributed by atoms with van der Waals surface area (Å²) in [5, 5.41) is 10.0. The summed E-state index contributed by atoms with van der Waals surface area (Å²) >= 11 is 0. The molecule has 0 heterocycles. The maximum Gasteiger partial charge on any atom is 0.191 e. The third-order valence-corrected chi connectivity index (χ3v) is 10.3. The molecule has 0 fully saturated rings. The molecule has 1 N–H and O–H groups in total. The first kappa shape index (κ1) is 19.6. The van der Waals surface area contributed by atoms with Gasteiger partial charge in [0.25, 0.3) is 0 Å². The molecule has 1 aliphatic carbocycles. The predicted octanol–water partition coefficient (Wildman–Crippen LogP) is 4.18. The Morgan fingerprint density at radius 1 is 1.41 bits per heavy atom. The normalized spacial score (nSPS) is 24.1. The summed E-state index contributed by atoms with van der Waals surface area (Å²) in [6.45, 7) is 17.6. The Morgan fingerprint density at radius 3 is 2.41 bits per heavy atom. The first-order valence-electron chi connectivity index (χ1n) is 8.31. The molecule has 0 saturated carbocycles. The summed E-state index contributed by atoms with van der Waals surface area (Å²) in [5.41, 5.74) is 0.423. The molecule has 128 valence electrons. The van der Waals surface area contributed by atoms with Gasteiger partial charge in [-0.1, -0.05) is 40.7 Å². The van der Waals surface area contributed by atoms with E-state index < -0.39 is 13.7 Å². The first-order chi connectivity index (χ1) is 9.84. The van der Waals surface area contributed by atoms with Gasteiger partial charge in [0.15, 0.2) is 14.1 Å². The largest absolute Gasteiger partial charge is 0.416 e. The van der Waals surface area contributed by atoms with Crippen LogP contribution in [0.15, 0.2) is 11.6 Å². The molecule has 2 atom stereocenters. The van der Waals surface area contributed by atoms with Gasteiger partial charge in [-0.15, -0.1) is 0 Å². The highest BCUT2D eigenvalue weighted by Gasteiger charge is 2.44. The van der Waals surface area contributed by atoms with Gasteiger partial charge in [-0.3, -0.25) is 4.79 Å². The molecule has 1 aliphatic rings. The SMILES string of the molecule is CC1=CC[C@@H]([C@@H](CO)CO[Si](C)(C)C(C)(C)C)C(C)(C)C1=O. The fourth-order valence-corrected chi connectivity index (χ4v) is 4.04. The van der Waals surface area contributed by atoms with Gasteiger partial charge in [-0.05, 0) is 43.0 Å². The van der Waals surface area contributed by atoms with Gasteiger partial charge in [-0.25, -0.2) is 0 Å². The molecule has 0 unspecified atom stereocenters. The smallest absolute Gasteiger partial charge is 0.191 e. The lowest BCUT2D eigenvalue weighted by Gasteiger charge is -2.43. The maximum atomic E-state index is 12.5. The number of hydrogen-bond acceptors (Lipinski definition) is 3. The molecule has 1 rings (SSSR count). The van der Waals surface area contributed by atoms with E-state index in [4.69, 9.17) is 4.43 Å². The van der Waals surface area contributed by atoms with E-state index in [2.05, 4.69) is 33.9 Å². The Labute approximate surface area is 137 Å². The second-order valence-electron chi connectivity index (χ2n) is 8.79. The van der Waals surface area contributed by atoms with E-state index in [1.165, 1.54) is 0 Å². The molecule has 3 nitrogen and oxygen atoms in total. The van der Waals surface area contributed by atoms with Crippen molar-refractivity contribution in [2.24, 2.45) is 17.3 Å². The summed E-state index contributed by atoms with van der Waals surface area (Å²) in [6, 6.07) is 0. The van der Waals surface area contributed by atoms with Crippen molar-refractivity contribution in [3.63, 3.8) is 0 Å². The highest BCUT2D eigenvalue weighted by Crippen LogP contribution is 2.43. The molecule has 0 radical (unpaired) electrons. The van der Waals surface area contributed by atoms with Gasteiger partial charge in [0.05, 0.1) is 0 Å². The molecule has 4 heteroatoms. The van der Waals surface area contributed by atoms with Crippen molar-refractivity contribution < 1.29 is 14.3 Å². The zero-order valence-electron chi connectivity index (χ0n) is 15.6. The molecule has 0 aromatic carbocycles. The minimum atomic E-state index is -1.84. The second-order valence-corrected chi connectivity index (χ2v) is 13.6. The van der Waals surface area contributed by atoms with Gasteiger partial charge in [0.2, 0.25) is 0 Å². The number of allylic oxidation sites excluding steroid dienone is 2. The van der Waals surface area contributed by atoms with Crippen LogP contribution in [0.5, 0.6) is 0 Å². The van der Waals surface area contributed by atoms with Crippen LogP contribution in [-0.4, -0.2) is 32.4 Å². The highest BCUT2D eigenvalue weighted by atomic mass is 28.4. The van der Waals surface area contributed by atoms with Crippen LogP contribution in [0.25, 0.3) is 0 Å². The zero-order valence-corrected chi connectivity index (χ0v) is 16.6. The quantitative estimate of drug-likeness (QED) is 0.771. The van der Waals surface area contributed by atoms with Crippen molar-refractivity contribution in [2.75, 3.05) is 13.2 Å². The molecule has 22 heavy (non-hydrogen) atoms. The minimum Gasteiger partial charge on any atom is -0.416 e. The summed E-state index contributed by atoms with van der Waals surface area (Å²) in [4.78, 5) is 12.5. The van der Waals surface area contributed by atoms with E-state index in [1.54, 1.807) is 0 Å². The van der Waals surface area contributed by atoms with Crippen LogP contribution in [0, 0.1) is 17.3 Å². The van der Waals surface area contributed by atoms with Crippen molar-refractivity contribution in [3.05, 3.63) is 11.6 Å². The van der Waals surface area contributed by atoms with E-state index in [-0.39, 0.29) is 29.3 Å². The predicted molar refractivity (Wildman–Crippen MR) is 94.4 cm³/mol. The first-order valence-corrected chi connectivity index (χ1v) is 11.2. The van der Waals surface area contributed by atoms with E-state index in [9.17, 15) is 9.90 Å². The van der Waals surface area contributed by atoms with Gasteiger partial charge in [0.1, 0.15) is 0 Å². The monoisotopic (exact) mass is 326 g/mol. The fraction of sp³-hybridized carbons (Fsp3) is 0.833. The van der Waals surface area contributed by atoms with Crippen molar-refractivity contribution in [2.45, 2.75) is 66.1 Å². The highest BCUT2D eigenvalue weighted by molar-refractivity contribution is 6.74. The Balaban J connectivity index is 2.87. The molecule has 0 bridgehead atoms. The van der Waals surface area contributed by atoms with Crippen LogP contribution >= 0.6 is 0 Å². The lowest BCUT2D eigenvalue weighted by Crippen LogP contribution is -2.46. The molecule has 0 aromatic rings. The topological polar surface area (TPSA) is 46.5 Å². The Kier molecular flexibility index (Phi) is 5.86. The molecule has 0 amide bonds. The van der Waals surface area contributed by atoms with E-state index in [1.807, 2.05) is 26.8 Å². The maximum absolute atomic E-state index is 12.5. The zero-order chi connectivity index (χ0) is 17.3. The Hall–Kier alpha value is -0.453. The molecule has 0 aromatic heterocycles. The second kappa shape index (κ2) is 6.58. The molecule has 0 aliphatic heterocycles. The lowest BCUT2D eigenvalue weighted by atomic mass is 9.64. The number of aliphatic hydroxyl groups is 1. The van der Waals surface area contributed by atoms with Crippen LogP contribution in [0.2, 0.25) is 18.1 Å². The average Bonchev–Trinajstić information content (AvgIpc) is 2.37. The van der Waals surface area contributed by atoms with Crippen LogP contribution in [0.3, 0.4) is 0 Å². The molecule has 0 spiro atoms. The summed E-state index contributed by atoms with van der Waals surface area (Å²) in [5.74, 6) is 0.352. The van der Waals surface area contributed by atoms with Crippen LogP contribution in [0.4, 0.5) is 0 Å². The van der Waals surface area contributed by atoms with Gasteiger partial charge >= 0.3 is 0 Å². The number of carbonyl (C=O) groups is 1. The standard InChI is InChI=1S/C18H34O3Si/c1-13-9-10-15(18(5,6)16(13)20)14(11-19)12-21-22(7,8)17(2,3)4/h9,14-15,19H,10-12H2,1-8H3/t14-,15-/m0/s1. The van der Waals surface area contributed by atoms with E-state index in [0.29, 0.717) is 6.61 Å². The summed E-state index contributed by atoms with van der Waals surface area (Å²) < 4.78 is 6.30. The fourth-order valence-electron chi connectivity index (χ4n) is 2.98. The van der Waals surface area contributed by atoms with Crippen molar-refractivity contribution in [1.82, 2.24) is 0 Å². The van der Waals surface area contributed by atoms with Gasteiger partial charge in [-0.2, -0.15) is 0 Å². The molecule has 0 saturated heterocycles. The number of carbonyl (C=O) groups excluding carboxylic acids is 1. The van der Waals surface area contributed by atoms with Crippen LogP contribution in [0.1, 0.15) is 48.0 Å². The van der Waals surface area contributed by atoms with Gasteiger partial charge in [0, 0.05) is 24.5 Å². The van der Waals surface area contributed by atoms with Crippen molar-refractivity contribution in [1.29, 1.82) is 0 Å². The minimum absolute atomic E-state index is 0.0115. The van der Waals surface area contributed by atoms with Gasteiger partial charge < -0.3 is 9.53 Å². The number of Topliss-reactive ketones (excluding diaryl/α,β-unsaturated/α-hetero) is 1. The van der Waals surface area contributed by atoms with E-state index >= 15 is 0 Å². The number of ketones is 1. The van der Waals surface area contributed by atoms with Crippen LogP contribution in [-0.2, 0) is 9.22 Å². The summed E-state index contributed by atoms with van der Waals surface area (Å²) in [6.07, 6.45) is 2.86.